The van der Waals surface area contributed by atoms with E-state index in [1.54, 1.807) is 21.6 Å². The fraction of sp³-hybridized carbons (Fsp3) is 0.765. The molecule has 0 heterocycles. The molecule has 1 amide bonds. The number of rotatable bonds is 11. The van der Waals surface area contributed by atoms with Crippen LogP contribution in [0.15, 0.2) is 0 Å². The zero-order valence-electron chi connectivity index (χ0n) is 16.1. The first-order valence-corrected chi connectivity index (χ1v) is 11.2. The molecule has 0 aliphatic heterocycles. The normalized spacial score (nSPS) is 14.7. The Bertz CT molecular complexity index is 436. The van der Waals surface area contributed by atoms with Gasteiger partial charge in [0.05, 0.1) is 0 Å². The van der Waals surface area contributed by atoms with Crippen molar-refractivity contribution in [2.24, 2.45) is 5.41 Å². The van der Waals surface area contributed by atoms with Gasteiger partial charge in [0.25, 0.3) is 5.09 Å². The summed E-state index contributed by atoms with van der Waals surface area (Å²) in [5.41, 5.74) is -0.0112. The number of hydrogen-bond donors (Lipinski definition) is 1. The summed E-state index contributed by atoms with van der Waals surface area (Å²) in [4.78, 5) is 35.8. The van der Waals surface area contributed by atoms with Gasteiger partial charge in [-0.05, 0) is 36.2 Å². The summed E-state index contributed by atoms with van der Waals surface area (Å²) in [5, 5.41) is 11.7. The fourth-order valence-electron chi connectivity index (χ4n) is 2.77. The molecule has 0 spiro atoms. The number of nitrogens with zero attached hydrogens (tertiary/aromatic N) is 1. The van der Waals surface area contributed by atoms with Gasteiger partial charge in [-0.15, -0.1) is 10.1 Å². The van der Waals surface area contributed by atoms with E-state index in [2.05, 4.69) is 24.0 Å². The second-order valence-electron chi connectivity index (χ2n) is 6.24. The van der Waals surface area contributed by atoms with Crippen molar-refractivity contribution in [2.75, 3.05) is 24.7 Å². The Balaban J connectivity index is 0. The zero-order chi connectivity index (χ0) is 19.8. The SMILES string of the molecule is [CH2-]C(=O)CC1(CNC(C)=O)CCCCC1.[CH2-]CCSSCCO[N+](=O)[O-].[Y]. The van der Waals surface area contributed by atoms with Crippen molar-refractivity contribution in [2.45, 2.75) is 51.9 Å². The van der Waals surface area contributed by atoms with Gasteiger partial charge in [-0.1, -0.05) is 40.9 Å². The second-order valence-corrected chi connectivity index (χ2v) is 8.94. The quantitative estimate of drug-likeness (QED) is 0.154. The number of nitrogens with one attached hydrogen (secondary N) is 1. The largest absolute Gasteiger partial charge is 0.356 e. The molecule has 0 atom stereocenters. The van der Waals surface area contributed by atoms with Crippen molar-refractivity contribution < 1.29 is 52.2 Å². The van der Waals surface area contributed by atoms with Crippen LogP contribution in [0.2, 0.25) is 0 Å². The smallest absolute Gasteiger partial charge is 0.294 e. The zero-order valence-corrected chi connectivity index (χ0v) is 20.5. The summed E-state index contributed by atoms with van der Waals surface area (Å²) >= 11 is 0. The monoisotopic (exact) mass is 495 g/mol. The fourth-order valence-corrected chi connectivity index (χ4v) is 4.53. The molecule has 1 aliphatic carbocycles. The van der Waals surface area contributed by atoms with Gasteiger partial charge in [-0.25, -0.2) is 0 Å². The van der Waals surface area contributed by atoms with Crippen LogP contribution >= 0.6 is 21.6 Å². The van der Waals surface area contributed by atoms with Crippen molar-refractivity contribution in [3.63, 3.8) is 0 Å². The van der Waals surface area contributed by atoms with Crippen molar-refractivity contribution in [3.05, 3.63) is 24.0 Å². The van der Waals surface area contributed by atoms with Crippen LogP contribution in [0.1, 0.15) is 51.9 Å². The molecule has 0 aromatic carbocycles. The van der Waals surface area contributed by atoms with Crippen molar-refractivity contribution in [1.82, 2.24) is 5.32 Å². The molecule has 27 heavy (non-hydrogen) atoms. The van der Waals surface area contributed by atoms with E-state index in [0.717, 1.165) is 37.9 Å². The minimum atomic E-state index is -0.771. The second kappa shape index (κ2) is 18.1. The van der Waals surface area contributed by atoms with Crippen LogP contribution in [-0.2, 0) is 47.1 Å². The first-order chi connectivity index (χ1) is 12.3. The first kappa shape index (κ1) is 29.2. The third-order valence-electron chi connectivity index (χ3n) is 3.87. The molecular formula is C17H30N2O5S2Y-2. The van der Waals surface area contributed by atoms with Crippen LogP contribution in [0.5, 0.6) is 0 Å². The van der Waals surface area contributed by atoms with Crippen LogP contribution in [-0.4, -0.2) is 41.4 Å². The summed E-state index contributed by atoms with van der Waals surface area (Å²) in [6.45, 7) is 9.42. The maximum Gasteiger partial charge on any atom is 0.294 e. The summed E-state index contributed by atoms with van der Waals surface area (Å²) < 4.78 is 0. The Labute approximate surface area is 195 Å². The molecule has 1 fully saturated rings. The minimum Gasteiger partial charge on any atom is -0.356 e. The van der Waals surface area contributed by atoms with E-state index in [1.807, 2.05) is 0 Å². The van der Waals surface area contributed by atoms with Crippen molar-refractivity contribution in [1.29, 1.82) is 0 Å². The molecule has 1 aliphatic rings. The standard InChI is InChI=1S/C12H20NO2.C5H10NO3S2.Y/c1-10(14)8-12(9-13-11(2)15)6-4-3-5-7-12;1-2-4-10-11-5-3-9-6(7)8;/h1,3-9H2,2H3,(H,13,15);1-5H2;/q2*-1;. The van der Waals surface area contributed by atoms with E-state index >= 15 is 0 Å². The van der Waals surface area contributed by atoms with Gasteiger partial charge in [0.2, 0.25) is 5.91 Å². The molecular weight excluding hydrogens is 465 g/mol. The van der Waals surface area contributed by atoms with E-state index in [4.69, 9.17) is 0 Å². The molecule has 155 valence electrons. The Morgan fingerprint density at radius 2 is 1.81 bits per heavy atom. The molecule has 0 unspecified atom stereocenters. The number of ketones is 1. The molecule has 1 N–H and O–H groups in total. The van der Waals surface area contributed by atoms with Gasteiger partial charge in [0.15, 0.2) is 0 Å². The van der Waals surface area contributed by atoms with Gasteiger partial charge in [-0.3, -0.25) is 4.79 Å². The van der Waals surface area contributed by atoms with E-state index in [0.29, 0.717) is 18.7 Å². The molecule has 7 nitrogen and oxygen atoms in total. The Hall–Kier alpha value is 0.0139. The number of hydrogen-bond acceptors (Lipinski definition) is 7. The minimum absolute atomic E-state index is 0. The molecule has 0 bridgehead atoms. The Morgan fingerprint density at radius 3 is 2.30 bits per heavy atom. The molecule has 1 saturated carbocycles. The summed E-state index contributed by atoms with van der Waals surface area (Å²) in [6, 6.07) is 0. The summed E-state index contributed by atoms with van der Waals surface area (Å²) in [7, 11) is 3.22. The van der Waals surface area contributed by atoms with Crippen LogP contribution in [0.25, 0.3) is 0 Å². The third-order valence-corrected chi connectivity index (χ3v) is 6.33. The van der Waals surface area contributed by atoms with Crippen LogP contribution < -0.4 is 5.32 Å². The summed E-state index contributed by atoms with van der Waals surface area (Å²) in [6.07, 6.45) is 7.02. The van der Waals surface area contributed by atoms with Gasteiger partial charge in [-0.2, -0.15) is 6.42 Å². The van der Waals surface area contributed by atoms with E-state index in [9.17, 15) is 19.7 Å². The average Bonchev–Trinajstić information content (AvgIpc) is 2.57. The molecule has 1 radical (unpaired) electrons. The molecule has 0 aromatic heterocycles. The number of Topliss-reactive ketones (excluding diaryl/α,β-unsaturated/α-hetero) is 1. The summed E-state index contributed by atoms with van der Waals surface area (Å²) in [5.74, 6) is 1.59. The van der Waals surface area contributed by atoms with Gasteiger partial charge >= 0.3 is 0 Å². The van der Waals surface area contributed by atoms with Crippen LogP contribution in [0, 0.1) is 29.4 Å². The topological polar surface area (TPSA) is 98.5 Å². The molecule has 0 aromatic rings. The van der Waals surface area contributed by atoms with Gasteiger partial charge in [0.1, 0.15) is 6.61 Å². The molecule has 10 heteroatoms. The average molecular weight is 495 g/mol. The van der Waals surface area contributed by atoms with Gasteiger partial charge in [0, 0.05) is 51.9 Å². The van der Waals surface area contributed by atoms with Crippen molar-refractivity contribution >= 4 is 33.3 Å². The van der Waals surface area contributed by atoms with Crippen molar-refractivity contribution in [3.8, 4) is 0 Å². The maximum atomic E-state index is 11.1. The number of amides is 1. The van der Waals surface area contributed by atoms with Gasteiger partial charge < -0.3 is 28.8 Å². The third kappa shape index (κ3) is 17.8. The van der Waals surface area contributed by atoms with Crippen LogP contribution in [0.3, 0.4) is 0 Å². The van der Waals surface area contributed by atoms with E-state index in [-0.39, 0.29) is 56.4 Å². The Kier molecular flexibility index (Phi) is 19.6. The first-order valence-electron chi connectivity index (χ1n) is 8.71. The van der Waals surface area contributed by atoms with E-state index in [1.165, 1.54) is 13.3 Å². The Morgan fingerprint density at radius 1 is 1.22 bits per heavy atom. The van der Waals surface area contributed by atoms with E-state index < -0.39 is 5.09 Å². The predicted octanol–water partition coefficient (Wildman–Crippen LogP) is 3.66. The number of carbonyl (C=O) groups is 2. The number of carbonyl (C=O) groups excluding carboxylic acids is 2. The molecule has 1 rings (SSSR count). The maximum absolute atomic E-state index is 11.1. The predicted molar refractivity (Wildman–Crippen MR) is 107 cm³/mol. The molecule has 0 saturated heterocycles. The van der Waals surface area contributed by atoms with Crippen LogP contribution in [0.4, 0.5) is 0 Å².